The van der Waals surface area contributed by atoms with Crippen LogP contribution in [0.1, 0.15) is 68.4 Å². The molecule has 0 bridgehead atoms. The Morgan fingerprint density at radius 1 is 1.18 bits per heavy atom. The first-order valence-electron chi connectivity index (χ1n) is 12.1. The summed E-state index contributed by atoms with van der Waals surface area (Å²) in [5.74, 6) is 6.83. The fourth-order valence-electron chi connectivity index (χ4n) is 4.22. The maximum absolute atomic E-state index is 12.6. The minimum absolute atomic E-state index is 0.0809. The number of urea groups is 1. The third kappa shape index (κ3) is 6.87. The molecular formula is C26H38N6O2. The van der Waals surface area contributed by atoms with Gasteiger partial charge in [-0.05, 0) is 56.7 Å². The number of nitrogens with two attached hydrogens (primary N) is 2. The van der Waals surface area contributed by atoms with E-state index in [2.05, 4.69) is 15.6 Å². The van der Waals surface area contributed by atoms with Crippen LogP contribution in [-0.4, -0.2) is 35.7 Å². The molecule has 1 unspecified atom stereocenters. The van der Waals surface area contributed by atoms with Crippen molar-refractivity contribution in [1.29, 1.82) is 0 Å². The van der Waals surface area contributed by atoms with Gasteiger partial charge < -0.3 is 26.1 Å². The highest BCUT2D eigenvalue weighted by Gasteiger charge is 2.18. The summed E-state index contributed by atoms with van der Waals surface area (Å²) in [6, 6.07) is 13.3. The van der Waals surface area contributed by atoms with Crippen molar-refractivity contribution in [3.63, 3.8) is 0 Å². The van der Waals surface area contributed by atoms with Crippen LogP contribution >= 0.6 is 0 Å². The monoisotopic (exact) mass is 466 g/mol. The van der Waals surface area contributed by atoms with E-state index in [1.165, 1.54) is 24.3 Å². The van der Waals surface area contributed by atoms with Gasteiger partial charge in [0.1, 0.15) is 5.75 Å². The van der Waals surface area contributed by atoms with Crippen molar-refractivity contribution in [3.05, 3.63) is 65.1 Å². The van der Waals surface area contributed by atoms with Gasteiger partial charge in [-0.3, -0.25) is 0 Å². The number of ether oxygens (including phenoxy) is 1. The van der Waals surface area contributed by atoms with E-state index in [4.69, 9.17) is 16.3 Å². The third-order valence-electron chi connectivity index (χ3n) is 6.23. The van der Waals surface area contributed by atoms with Gasteiger partial charge >= 0.3 is 6.03 Å². The van der Waals surface area contributed by atoms with E-state index >= 15 is 0 Å². The van der Waals surface area contributed by atoms with Crippen LogP contribution in [-0.2, 0) is 0 Å². The number of nitrogens with zero attached hydrogens (tertiary/aromatic N) is 2. The Morgan fingerprint density at radius 3 is 2.50 bits per heavy atom. The van der Waals surface area contributed by atoms with Gasteiger partial charge in [-0.15, -0.1) is 0 Å². The molecule has 0 aliphatic heterocycles. The largest absolute Gasteiger partial charge is 0.489 e. The van der Waals surface area contributed by atoms with Crippen LogP contribution in [0.25, 0.3) is 5.70 Å². The Labute approximate surface area is 202 Å². The molecule has 1 aromatic carbocycles. The number of pyridine rings is 1. The number of aryl methyl sites for hydroxylation is 1. The fourth-order valence-corrected chi connectivity index (χ4v) is 4.22. The van der Waals surface area contributed by atoms with Gasteiger partial charge in [0.15, 0.2) is 0 Å². The number of hydrogen-bond donors (Lipinski definition) is 4. The maximum Gasteiger partial charge on any atom is 0.315 e. The molecule has 3 rings (SSSR count). The molecule has 2 aromatic rings. The van der Waals surface area contributed by atoms with E-state index in [9.17, 15) is 4.79 Å². The minimum Gasteiger partial charge on any atom is -0.489 e. The average Bonchev–Trinajstić information content (AvgIpc) is 2.84. The highest BCUT2D eigenvalue weighted by atomic mass is 16.5. The van der Waals surface area contributed by atoms with Crippen LogP contribution in [0.3, 0.4) is 0 Å². The Bertz CT molecular complexity index is 971. The summed E-state index contributed by atoms with van der Waals surface area (Å²) in [6.45, 7) is 4.11. The van der Waals surface area contributed by atoms with E-state index in [1.807, 2.05) is 56.3 Å². The van der Waals surface area contributed by atoms with E-state index in [1.54, 1.807) is 7.05 Å². The summed E-state index contributed by atoms with van der Waals surface area (Å²) in [6.07, 6.45) is 6.90. The van der Waals surface area contributed by atoms with Crippen molar-refractivity contribution < 1.29 is 9.53 Å². The van der Waals surface area contributed by atoms with Gasteiger partial charge in [0.25, 0.3) is 0 Å². The fraction of sp³-hybridized carbons (Fsp3) is 0.462. The van der Waals surface area contributed by atoms with E-state index < -0.39 is 0 Å². The number of carbonyl (C=O) groups is 1. The Kier molecular flexibility index (Phi) is 9.16. The van der Waals surface area contributed by atoms with Crippen LogP contribution in [0.4, 0.5) is 4.79 Å². The molecule has 0 saturated heterocycles. The molecule has 1 aliphatic carbocycles. The second kappa shape index (κ2) is 12.3. The molecule has 2 amide bonds. The molecule has 0 spiro atoms. The summed E-state index contributed by atoms with van der Waals surface area (Å²) >= 11 is 0. The number of rotatable bonds is 9. The molecule has 6 N–H and O–H groups in total. The van der Waals surface area contributed by atoms with Gasteiger partial charge in [-0.2, -0.15) is 0 Å². The lowest BCUT2D eigenvalue weighted by Crippen LogP contribution is -2.42. The zero-order chi connectivity index (χ0) is 24.5. The number of carbonyl (C=O) groups excluding carboxylic acids is 1. The van der Waals surface area contributed by atoms with E-state index in [0.29, 0.717) is 17.1 Å². The zero-order valence-corrected chi connectivity index (χ0v) is 20.5. The van der Waals surface area contributed by atoms with Gasteiger partial charge in [0, 0.05) is 7.05 Å². The third-order valence-corrected chi connectivity index (χ3v) is 6.23. The predicted octanol–water partition coefficient (Wildman–Crippen LogP) is 3.98. The van der Waals surface area contributed by atoms with Gasteiger partial charge in [-0.25, -0.2) is 15.6 Å². The molecule has 8 nitrogen and oxygen atoms in total. The standard InChI is InChI=1S/C26H38N6O2/c1-4-21(19-11-7-5-8-12-19)31-26(33)29-17-23(32(3)28)25(27)22-15-16-24(18(2)30-22)34-20-13-9-6-10-14-20/h5,7-8,11-12,15-16,20-21H,4,6,9-10,13-14,17,27-28H2,1-3H3,(H2,29,31,33)/b25-23-. The zero-order valence-electron chi connectivity index (χ0n) is 20.5. The number of aromatic nitrogens is 1. The first-order valence-corrected chi connectivity index (χ1v) is 12.1. The number of hydrazine groups is 1. The van der Waals surface area contributed by atoms with E-state index in [-0.39, 0.29) is 24.7 Å². The molecule has 1 fully saturated rings. The summed E-state index contributed by atoms with van der Waals surface area (Å²) < 4.78 is 6.17. The Balaban J connectivity index is 1.66. The van der Waals surface area contributed by atoms with Crippen molar-refractivity contribution in [1.82, 2.24) is 20.6 Å². The van der Waals surface area contributed by atoms with Crippen molar-refractivity contribution in [2.24, 2.45) is 11.6 Å². The van der Waals surface area contributed by atoms with Crippen LogP contribution in [0.15, 0.2) is 48.2 Å². The molecule has 1 aliphatic rings. The smallest absolute Gasteiger partial charge is 0.315 e. The Hall–Kier alpha value is -3.26. The molecule has 0 radical (unpaired) electrons. The van der Waals surface area contributed by atoms with Gasteiger partial charge in [0.05, 0.1) is 41.5 Å². The van der Waals surface area contributed by atoms with Crippen molar-refractivity contribution in [2.75, 3.05) is 13.6 Å². The van der Waals surface area contributed by atoms with Gasteiger partial charge in [0.2, 0.25) is 0 Å². The molecular weight excluding hydrogens is 428 g/mol. The number of amides is 2. The van der Waals surface area contributed by atoms with Crippen LogP contribution in [0, 0.1) is 6.92 Å². The molecule has 1 aromatic heterocycles. The first-order chi connectivity index (χ1) is 16.4. The number of hydrogen-bond acceptors (Lipinski definition) is 6. The summed E-state index contributed by atoms with van der Waals surface area (Å²) in [7, 11) is 1.69. The average molecular weight is 467 g/mol. The number of benzene rings is 1. The van der Waals surface area contributed by atoms with Crippen LogP contribution in [0.2, 0.25) is 0 Å². The predicted molar refractivity (Wildman–Crippen MR) is 136 cm³/mol. The number of likely N-dealkylation sites (N-methyl/N-ethyl adjacent to an activating group) is 1. The first kappa shape index (κ1) is 25.4. The lowest BCUT2D eigenvalue weighted by molar-refractivity contribution is 0.153. The molecule has 1 heterocycles. The quantitative estimate of drug-likeness (QED) is 0.328. The summed E-state index contributed by atoms with van der Waals surface area (Å²) in [4.78, 5) is 17.2. The topological polar surface area (TPSA) is 119 Å². The van der Waals surface area contributed by atoms with Crippen molar-refractivity contribution in [3.8, 4) is 5.75 Å². The van der Waals surface area contributed by atoms with Crippen molar-refractivity contribution >= 4 is 11.7 Å². The molecule has 1 saturated carbocycles. The highest BCUT2D eigenvalue weighted by Crippen LogP contribution is 2.26. The summed E-state index contributed by atoms with van der Waals surface area (Å²) in [5, 5.41) is 7.28. The molecule has 8 heteroatoms. The van der Waals surface area contributed by atoms with Crippen LogP contribution < -0.4 is 26.9 Å². The SMILES string of the molecule is CCC(NC(=O)NC/C(=C(/N)c1ccc(OC2CCCCC2)c(C)n1)N(C)N)c1ccccc1. The molecule has 1 atom stereocenters. The summed E-state index contributed by atoms with van der Waals surface area (Å²) in [5.41, 5.74) is 9.84. The maximum atomic E-state index is 12.6. The molecule has 34 heavy (non-hydrogen) atoms. The number of nitrogens with one attached hydrogen (secondary N) is 2. The normalized spacial score (nSPS) is 15.8. The second-order valence-corrected chi connectivity index (χ2v) is 8.83. The minimum atomic E-state index is -0.289. The van der Waals surface area contributed by atoms with Crippen molar-refractivity contribution in [2.45, 2.75) is 64.5 Å². The lowest BCUT2D eigenvalue weighted by atomic mass is 9.98. The Morgan fingerprint density at radius 2 is 1.88 bits per heavy atom. The van der Waals surface area contributed by atoms with Gasteiger partial charge in [-0.1, -0.05) is 43.7 Å². The second-order valence-electron chi connectivity index (χ2n) is 8.83. The molecule has 184 valence electrons. The highest BCUT2D eigenvalue weighted by molar-refractivity contribution is 5.75. The van der Waals surface area contributed by atoms with Crippen LogP contribution in [0.5, 0.6) is 5.75 Å². The lowest BCUT2D eigenvalue weighted by Gasteiger charge is -2.24. The van der Waals surface area contributed by atoms with E-state index in [0.717, 1.165) is 36.3 Å².